The Labute approximate surface area is 226 Å². The molecular weight excluding hydrogens is 495 g/mol. The highest BCUT2D eigenvalue weighted by atomic mass is 19.1. The third-order valence-corrected chi connectivity index (χ3v) is 6.18. The molecule has 9 nitrogen and oxygen atoms in total. The largest absolute Gasteiger partial charge is 0.382 e. The van der Waals surface area contributed by atoms with Gasteiger partial charge in [0.15, 0.2) is 5.84 Å². The second kappa shape index (κ2) is 11.7. The SMILES string of the molecule is C=CN(/N=C(\N)c1ccnc(C)c1)c1ccc(Nc2nccc(-c3cc(F)cc(N4CCOCC4)c3)n2)cc1. The van der Waals surface area contributed by atoms with Gasteiger partial charge in [-0.3, -0.25) is 4.98 Å². The molecule has 39 heavy (non-hydrogen) atoms. The lowest BCUT2D eigenvalue weighted by atomic mass is 10.1. The molecule has 0 amide bonds. The van der Waals surface area contributed by atoms with Crippen molar-refractivity contribution < 1.29 is 9.13 Å². The number of benzene rings is 2. The molecule has 0 spiro atoms. The summed E-state index contributed by atoms with van der Waals surface area (Å²) in [5, 5.41) is 9.29. The topological polar surface area (TPSA) is 105 Å². The van der Waals surface area contributed by atoms with Crippen LogP contribution in [-0.2, 0) is 4.74 Å². The summed E-state index contributed by atoms with van der Waals surface area (Å²) in [5.41, 5.74) is 11.5. The normalized spacial score (nSPS) is 13.7. The number of aromatic nitrogens is 3. The van der Waals surface area contributed by atoms with Gasteiger partial charge in [-0.2, -0.15) is 5.10 Å². The summed E-state index contributed by atoms with van der Waals surface area (Å²) in [5.74, 6) is 0.433. The highest BCUT2D eigenvalue weighted by Crippen LogP contribution is 2.27. The van der Waals surface area contributed by atoms with Crippen LogP contribution in [0.2, 0.25) is 0 Å². The molecule has 198 valence electrons. The maximum atomic E-state index is 14.5. The van der Waals surface area contributed by atoms with Crippen molar-refractivity contribution in [2.75, 3.05) is 41.5 Å². The molecule has 1 aliphatic heterocycles. The van der Waals surface area contributed by atoms with Crippen molar-refractivity contribution in [1.29, 1.82) is 0 Å². The van der Waals surface area contributed by atoms with Gasteiger partial charge in [-0.15, -0.1) is 0 Å². The fraction of sp³-hybridized carbons (Fsp3) is 0.172. The zero-order chi connectivity index (χ0) is 27.2. The summed E-state index contributed by atoms with van der Waals surface area (Å²) in [4.78, 5) is 15.3. The van der Waals surface area contributed by atoms with Crippen molar-refractivity contribution in [2.24, 2.45) is 10.8 Å². The molecule has 4 aromatic rings. The predicted molar refractivity (Wildman–Crippen MR) is 153 cm³/mol. The first kappa shape index (κ1) is 25.8. The second-order valence-corrected chi connectivity index (χ2v) is 8.93. The number of hydrogen-bond donors (Lipinski definition) is 2. The lowest BCUT2D eigenvalue weighted by Crippen LogP contribution is -2.36. The van der Waals surface area contributed by atoms with Gasteiger partial charge in [-0.1, -0.05) is 6.58 Å². The van der Waals surface area contributed by atoms with Crippen LogP contribution in [-0.4, -0.2) is 47.1 Å². The standard InChI is InChI=1S/C29H29FN8O/c1-3-38(36-28(31)21-8-10-32-20(2)16-21)25-6-4-24(5-7-25)34-29-33-11-9-27(35-29)22-17-23(30)19-26(18-22)37-12-14-39-15-13-37/h3-11,16-19H,1,12-15H2,2H3,(H2,31,36)(H,33,34,35). The number of nitrogens with two attached hydrogens (primary N) is 1. The highest BCUT2D eigenvalue weighted by molar-refractivity contribution is 5.98. The molecule has 0 aliphatic carbocycles. The van der Waals surface area contributed by atoms with Gasteiger partial charge in [0, 0.05) is 59.9 Å². The van der Waals surface area contributed by atoms with Crippen LogP contribution in [0.25, 0.3) is 11.3 Å². The molecule has 0 atom stereocenters. The minimum atomic E-state index is -0.313. The van der Waals surface area contributed by atoms with E-state index in [0.29, 0.717) is 36.3 Å². The van der Waals surface area contributed by atoms with E-state index in [-0.39, 0.29) is 5.82 Å². The number of halogens is 1. The monoisotopic (exact) mass is 524 g/mol. The summed E-state index contributed by atoms with van der Waals surface area (Å²) in [7, 11) is 0. The van der Waals surface area contributed by atoms with Crippen LogP contribution in [0.3, 0.4) is 0 Å². The van der Waals surface area contributed by atoms with Crippen LogP contribution in [0, 0.1) is 12.7 Å². The molecule has 3 N–H and O–H groups in total. The summed E-state index contributed by atoms with van der Waals surface area (Å²) in [6.07, 6.45) is 4.93. The molecule has 5 rings (SSSR count). The Balaban J connectivity index is 1.32. The Kier molecular flexibility index (Phi) is 7.74. The van der Waals surface area contributed by atoms with E-state index in [0.717, 1.165) is 41.4 Å². The van der Waals surface area contributed by atoms with Crippen LogP contribution >= 0.6 is 0 Å². The summed E-state index contributed by atoms with van der Waals surface area (Å²) in [6.45, 7) is 8.45. The van der Waals surface area contributed by atoms with Gasteiger partial charge in [-0.25, -0.2) is 19.4 Å². The van der Waals surface area contributed by atoms with Gasteiger partial charge in [-0.05, 0) is 67.6 Å². The molecule has 1 fully saturated rings. The Morgan fingerprint density at radius 3 is 2.59 bits per heavy atom. The number of nitrogens with zero attached hydrogens (tertiary/aromatic N) is 6. The molecule has 2 aromatic carbocycles. The van der Waals surface area contributed by atoms with E-state index in [1.165, 1.54) is 6.07 Å². The van der Waals surface area contributed by atoms with E-state index in [1.807, 2.05) is 49.4 Å². The first-order chi connectivity index (χ1) is 19.0. The summed E-state index contributed by atoms with van der Waals surface area (Å²) in [6, 6.07) is 17.9. The van der Waals surface area contributed by atoms with Gasteiger partial charge >= 0.3 is 0 Å². The Bertz CT molecular complexity index is 1490. The quantitative estimate of drug-likeness (QED) is 0.192. The van der Waals surface area contributed by atoms with E-state index in [9.17, 15) is 4.39 Å². The molecule has 0 radical (unpaired) electrons. The summed E-state index contributed by atoms with van der Waals surface area (Å²) < 4.78 is 19.9. The fourth-order valence-corrected chi connectivity index (χ4v) is 4.22. The molecule has 2 aromatic heterocycles. The molecule has 0 bridgehead atoms. The average Bonchev–Trinajstić information content (AvgIpc) is 2.96. The number of amidine groups is 1. The highest BCUT2D eigenvalue weighted by Gasteiger charge is 2.14. The fourth-order valence-electron chi connectivity index (χ4n) is 4.22. The molecule has 10 heteroatoms. The van der Waals surface area contributed by atoms with E-state index >= 15 is 0 Å². The van der Waals surface area contributed by atoms with Crippen molar-refractivity contribution in [3.05, 3.63) is 103 Å². The summed E-state index contributed by atoms with van der Waals surface area (Å²) >= 11 is 0. The third kappa shape index (κ3) is 6.36. The van der Waals surface area contributed by atoms with Gasteiger partial charge < -0.3 is 20.7 Å². The predicted octanol–water partition coefficient (Wildman–Crippen LogP) is 4.84. The first-order valence-electron chi connectivity index (χ1n) is 12.5. The van der Waals surface area contributed by atoms with Gasteiger partial charge in [0.1, 0.15) is 5.82 Å². The van der Waals surface area contributed by atoms with Crippen molar-refractivity contribution in [1.82, 2.24) is 15.0 Å². The molecule has 3 heterocycles. The lowest BCUT2D eigenvalue weighted by Gasteiger charge is -2.29. The van der Waals surface area contributed by atoms with Crippen molar-refractivity contribution in [3.63, 3.8) is 0 Å². The number of morpholine rings is 1. The van der Waals surface area contributed by atoms with Crippen LogP contribution in [0.15, 0.2) is 90.9 Å². The average molecular weight is 525 g/mol. The molecular formula is C29H29FN8O. The van der Waals surface area contributed by atoms with Crippen molar-refractivity contribution in [3.8, 4) is 11.3 Å². The number of rotatable bonds is 8. The Hall–Kier alpha value is -4.83. The van der Waals surface area contributed by atoms with Gasteiger partial charge in [0.25, 0.3) is 0 Å². The van der Waals surface area contributed by atoms with E-state index in [2.05, 4.69) is 36.8 Å². The Morgan fingerprint density at radius 1 is 1.08 bits per heavy atom. The molecule has 1 aliphatic rings. The number of ether oxygens (including phenoxy) is 1. The number of nitrogens with one attached hydrogen (secondary N) is 1. The van der Waals surface area contributed by atoms with Crippen molar-refractivity contribution in [2.45, 2.75) is 6.92 Å². The number of pyridine rings is 1. The number of hydrazone groups is 1. The lowest BCUT2D eigenvalue weighted by molar-refractivity contribution is 0.122. The van der Waals surface area contributed by atoms with Gasteiger partial charge in [0.2, 0.25) is 5.95 Å². The van der Waals surface area contributed by atoms with E-state index in [1.54, 1.807) is 35.7 Å². The zero-order valence-corrected chi connectivity index (χ0v) is 21.6. The van der Waals surface area contributed by atoms with Crippen LogP contribution in [0.4, 0.5) is 27.4 Å². The number of aryl methyl sites for hydroxylation is 1. The van der Waals surface area contributed by atoms with E-state index in [4.69, 9.17) is 10.5 Å². The maximum Gasteiger partial charge on any atom is 0.227 e. The maximum absolute atomic E-state index is 14.5. The van der Waals surface area contributed by atoms with Gasteiger partial charge in [0.05, 0.1) is 24.6 Å². The minimum absolute atomic E-state index is 0.313. The zero-order valence-electron chi connectivity index (χ0n) is 21.6. The van der Waals surface area contributed by atoms with Crippen LogP contribution < -0.4 is 21.0 Å². The van der Waals surface area contributed by atoms with E-state index < -0.39 is 0 Å². The second-order valence-electron chi connectivity index (χ2n) is 8.93. The minimum Gasteiger partial charge on any atom is -0.382 e. The Morgan fingerprint density at radius 2 is 1.85 bits per heavy atom. The molecule has 1 saturated heterocycles. The third-order valence-electron chi connectivity index (χ3n) is 6.18. The molecule has 0 saturated carbocycles. The smallest absolute Gasteiger partial charge is 0.227 e. The first-order valence-corrected chi connectivity index (χ1v) is 12.5. The van der Waals surface area contributed by atoms with Crippen molar-refractivity contribution >= 4 is 28.8 Å². The number of anilines is 4. The van der Waals surface area contributed by atoms with Crippen LogP contribution in [0.5, 0.6) is 0 Å². The number of hydrogen-bond acceptors (Lipinski definition) is 8. The van der Waals surface area contributed by atoms with Crippen LogP contribution in [0.1, 0.15) is 11.3 Å². The molecule has 0 unspecified atom stereocenters.